The lowest BCUT2D eigenvalue weighted by Gasteiger charge is -2.48. The molecular formula is C30H39NO3S. The van der Waals surface area contributed by atoms with E-state index in [2.05, 4.69) is 62.5 Å². The molecule has 0 aromatic carbocycles. The summed E-state index contributed by atoms with van der Waals surface area (Å²) in [7, 11) is 0. The third-order valence-corrected chi connectivity index (χ3v) is 9.44. The average Bonchev–Trinajstić information content (AvgIpc) is 2.97. The molecule has 1 saturated carbocycles. The van der Waals surface area contributed by atoms with Crippen LogP contribution in [-0.2, 0) is 9.59 Å². The first-order valence-electron chi connectivity index (χ1n) is 13.1. The maximum Gasteiger partial charge on any atom is 0.303 e. The van der Waals surface area contributed by atoms with Crippen LogP contribution in [0.25, 0.3) is 0 Å². The van der Waals surface area contributed by atoms with Crippen LogP contribution in [0.15, 0.2) is 69.2 Å². The van der Waals surface area contributed by atoms with Crippen molar-refractivity contribution in [2.24, 2.45) is 11.3 Å². The minimum absolute atomic E-state index is 0.0346. The van der Waals surface area contributed by atoms with Crippen molar-refractivity contribution in [3.05, 3.63) is 69.2 Å². The second kappa shape index (κ2) is 11.2. The number of amides is 1. The van der Waals surface area contributed by atoms with Gasteiger partial charge in [-0.1, -0.05) is 60.9 Å². The largest absolute Gasteiger partial charge is 0.481 e. The number of rotatable bonds is 8. The van der Waals surface area contributed by atoms with Crippen LogP contribution in [0.3, 0.4) is 0 Å². The third-order valence-electron chi connectivity index (χ3n) is 8.22. The summed E-state index contributed by atoms with van der Waals surface area (Å²) in [5.41, 5.74) is 6.16. The van der Waals surface area contributed by atoms with E-state index in [-0.39, 0.29) is 23.8 Å². The molecule has 1 unspecified atom stereocenters. The molecule has 5 heteroatoms. The number of fused-ring (bicyclic) bond motifs is 3. The molecule has 3 aliphatic carbocycles. The Labute approximate surface area is 214 Å². The molecule has 4 aliphatic rings. The molecule has 0 spiro atoms. The van der Waals surface area contributed by atoms with Gasteiger partial charge in [0.15, 0.2) is 0 Å². The van der Waals surface area contributed by atoms with Crippen LogP contribution < -0.4 is 5.32 Å². The highest BCUT2D eigenvalue weighted by atomic mass is 32.2. The minimum Gasteiger partial charge on any atom is -0.481 e. The highest BCUT2D eigenvalue weighted by Gasteiger charge is 2.43. The number of nitrogens with one attached hydrogen (secondary N) is 1. The van der Waals surface area contributed by atoms with Crippen LogP contribution in [0.1, 0.15) is 78.6 Å². The number of carbonyl (C=O) groups excluding carboxylic acids is 1. The summed E-state index contributed by atoms with van der Waals surface area (Å²) < 4.78 is 0. The van der Waals surface area contributed by atoms with Crippen molar-refractivity contribution in [3.8, 4) is 0 Å². The molecule has 4 rings (SSSR count). The number of hydrogen-bond acceptors (Lipinski definition) is 3. The number of carbonyl (C=O) groups is 2. The zero-order valence-electron chi connectivity index (χ0n) is 21.4. The number of carboxylic acids is 1. The standard InChI is InChI=1S/C30H39NO3S/c1-4-30(14-13-27(32)33)17-25(18-30)31-29(34)28-21(3)35-19-20(2)26(28)16-24-10-6-8-22-7-5-9-23(15-24)12-11-22/h5-7,9-10,15,23,25H,4,8,11-14,16-19H2,1-3H3,(H,31,34)(H,32,33). The number of aliphatic carboxylic acids is 1. The maximum atomic E-state index is 13.6. The van der Waals surface area contributed by atoms with Gasteiger partial charge in [0.05, 0.1) is 5.57 Å². The van der Waals surface area contributed by atoms with E-state index < -0.39 is 5.97 Å². The van der Waals surface area contributed by atoms with E-state index in [9.17, 15) is 9.59 Å². The number of allylic oxidation sites excluding steroid dienone is 9. The third kappa shape index (κ3) is 6.30. The first-order chi connectivity index (χ1) is 16.8. The molecule has 1 atom stereocenters. The van der Waals surface area contributed by atoms with Crippen molar-refractivity contribution in [1.29, 1.82) is 0 Å². The quantitative estimate of drug-likeness (QED) is 0.381. The Hall–Kier alpha value is -2.27. The Balaban J connectivity index is 1.47. The van der Waals surface area contributed by atoms with Gasteiger partial charge in [0.25, 0.3) is 5.91 Å². The Bertz CT molecular complexity index is 1050. The summed E-state index contributed by atoms with van der Waals surface area (Å²) in [4.78, 5) is 25.7. The highest BCUT2D eigenvalue weighted by Crippen LogP contribution is 2.48. The second-order valence-corrected chi connectivity index (χ2v) is 11.9. The van der Waals surface area contributed by atoms with Crippen LogP contribution in [0.2, 0.25) is 0 Å². The number of thioether (sulfide) groups is 1. The van der Waals surface area contributed by atoms with Crippen molar-refractivity contribution >= 4 is 23.6 Å². The van der Waals surface area contributed by atoms with Gasteiger partial charge in [-0.2, -0.15) is 0 Å². The molecule has 35 heavy (non-hydrogen) atoms. The second-order valence-electron chi connectivity index (χ2n) is 10.7. The van der Waals surface area contributed by atoms with E-state index in [1.165, 1.54) is 22.3 Å². The van der Waals surface area contributed by atoms with Gasteiger partial charge in [0.2, 0.25) is 0 Å². The van der Waals surface area contributed by atoms with Crippen LogP contribution >= 0.6 is 11.8 Å². The van der Waals surface area contributed by atoms with Gasteiger partial charge in [-0.05, 0) is 86.2 Å². The fourth-order valence-corrected chi connectivity index (χ4v) is 6.88. The Morgan fingerprint density at radius 2 is 2.06 bits per heavy atom. The molecule has 0 aromatic rings. The van der Waals surface area contributed by atoms with Gasteiger partial charge in [-0.15, -0.1) is 11.8 Å². The molecule has 0 aromatic heterocycles. The summed E-state index contributed by atoms with van der Waals surface area (Å²) in [6, 6.07) is 0.131. The van der Waals surface area contributed by atoms with Gasteiger partial charge in [-0.3, -0.25) is 9.59 Å². The lowest BCUT2D eigenvalue weighted by atomic mass is 9.61. The van der Waals surface area contributed by atoms with Crippen LogP contribution in [0.5, 0.6) is 0 Å². The fraction of sp³-hybridized carbons (Fsp3) is 0.533. The minimum atomic E-state index is -0.736. The molecule has 1 aliphatic heterocycles. The van der Waals surface area contributed by atoms with Crippen LogP contribution in [-0.4, -0.2) is 28.8 Å². The van der Waals surface area contributed by atoms with Gasteiger partial charge in [0, 0.05) is 18.2 Å². The molecule has 1 amide bonds. The molecular weight excluding hydrogens is 454 g/mol. The summed E-state index contributed by atoms with van der Waals surface area (Å²) in [6.45, 7) is 6.37. The predicted octanol–water partition coefficient (Wildman–Crippen LogP) is 7.03. The van der Waals surface area contributed by atoms with E-state index in [0.717, 1.165) is 61.2 Å². The monoisotopic (exact) mass is 493 g/mol. The van der Waals surface area contributed by atoms with E-state index in [0.29, 0.717) is 12.3 Å². The van der Waals surface area contributed by atoms with Crippen molar-refractivity contribution in [2.75, 3.05) is 5.75 Å². The van der Waals surface area contributed by atoms with Gasteiger partial charge < -0.3 is 10.4 Å². The lowest BCUT2D eigenvalue weighted by Crippen LogP contribution is -2.51. The van der Waals surface area contributed by atoms with Crippen molar-refractivity contribution in [2.45, 2.75) is 84.6 Å². The zero-order valence-corrected chi connectivity index (χ0v) is 22.2. The molecule has 0 radical (unpaired) electrons. The molecule has 2 N–H and O–H groups in total. The Kier molecular flexibility index (Phi) is 8.26. The predicted molar refractivity (Wildman–Crippen MR) is 145 cm³/mol. The first kappa shape index (κ1) is 25.8. The van der Waals surface area contributed by atoms with Crippen molar-refractivity contribution in [3.63, 3.8) is 0 Å². The van der Waals surface area contributed by atoms with Gasteiger partial charge >= 0.3 is 5.97 Å². The SMILES string of the molecule is CCC1(CCC(=O)O)CC(NC(=O)C2=C(C)SCC(C)=C2CC2=CC3C=CC=C(CC=C2)CC3)C1. The van der Waals surface area contributed by atoms with E-state index in [1.807, 2.05) is 0 Å². The molecule has 0 saturated heterocycles. The first-order valence-corrected chi connectivity index (χ1v) is 14.1. The maximum absolute atomic E-state index is 13.6. The van der Waals surface area contributed by atoms with Crippen LogP contribution in [0, 0.1) is 11.3 Å². The van der Waals surface area contributed by atoms with E-state index in [4.69, 9.17) is 5.11 Å². The molecule has 1 fully saturated rings. The van der Waals surface area contributed by atoms with Crippen molar-refractivity contribution < 1.29 is 14.7 Å². The average molecular weight is 494 g/mol. The van der Waals surface area contributed by atoms with E-state index >= 15 is 0 Å². The summed E-state index contributed by atoms with van der Waals surface area (Å²) in [6.07, 6.45) is 21.4. The highest BCUT2D eigenvalue weighted by molar-refractivity contribution is 8.03. The number of carboxylic acid groups (broad SMARTS) is 1. The summed E-state index contributed by atoms with van der Waals surface area (Å²) in [5, 5.41) is 12.4. The van der Waals surface area contributed by atoms with Crippen LogP contribution in [0.4, 0.5) is 0 Å². The lowest BCUT2D eigenvalue weighted by molar-refractivity contribution is -0.138. The molecule has 4 nitrogen and oxygen atoms in total. The number of hydrogen-bond donors (Lipinski definition) is 2. The Morgan fingerprint density at radius 3 is 2.80 bits per heavy atom. The molecule has 2 bridgehead atoms. The Morgan fingerprint density at radius 1 is 1.26 bits per heavy atom. The summed E-state index contributed by atoms with van der Waals surface area (Å²) >= 11 is 1.76. The topological polar surface area (TPSA) is 66.4 Å². The van der Waals surface area contributed by atoms with Gasteiger partial charge in [0.1, 0.15) is 0 Å². The van der Waals surface area contributed by atoms with Gasteiger partial charge in [-0.25, -0.2) is 0 Å². The zero-order chi connectivity index (χ0) is 25.0. The van der Waals surface area contributed by atoms with E-state index in [1.54, 1.807) is 11.8 Å². The molecule has 1 heterocycles. The van der Waals surface area contributed by atoms with Crippen molar-refractivity contribution in [1.82, 2.24) is 5.32 Å². The smallest absolute Gasteiger partial charge is 0.303 e. The normalized spacial score (nSPS) is 28.4. The molecule has 188 valence electrons. The fourth-order valence-electron chi connectivity index (χ4n) is 5.91. The summed E-state index contributed by atoms with van der Waals surface area (Å²) in [5.74, 6) is 0.667.